The zero-order valence-corrected chi connectivity index (χ0v) is 18.4. The average molecular weight is 422 g/mol. The molecular weight excluding hydrogens is 394 g/mol. The van der Waals surface area contributed by atoms with E-state index in [1.807, 2.05) is 32.0 Å². The van der Waals surface area contributed by atoms with E-state index in [1.54, 1.807) is 14.2 Å². The van der Waals surface area contributed by atoms with Gasteiger partial charge in [0.2, 0.25) is 11.9 Å². The summed E-state index contributed by atoms with van der Waals surface area (Å²) >= 11 is 0. The third kappa shape index (κ3) is 4.25. The predicted molar refractivity (Wildman–Crippen MR) is 119 cm³/mol. The number of aryl methyl sites for hydroxylation is 3. The first-order valence-electron chi connectivity index (χ1n) is 10.2. The fourth-order valence-electron chi connectivity index (χ4n) is 4.00. The quantitative estimate of drug-likeness (QED) is 0.582. The van der Waals surface area contributed by atoms with E-state index in [2.05, 4.69) is 40.0 Å². The lowest BCUT2D eigenvalue weighted by molar-refractivity contribution is -0.124. The van der Waals surface area contributed by atoms with Crippen molar-refractivity contribution in [3.63, 3.8) is 0 Å². The summed E-state index contributed by atoms with van der Waals surface area (Å²) in [6.45, 7) is 6.07. The lowest BCUT2D eigenvalue weighted by Crippen LogP contribution is -2.57. The Labute approximate surface area is 181 Å². The summed E-state index contributed by atoms with van der Waals surface area (Å²) in [4.78, 5) is 21.7. The molecule has 162 valence electrons. The molecule has 0 spiro atoms. The highest BCUT2D eigenvalue weighted by Crippen LogP contribution is 2.32. The van der Waals surface area contributed by atoms with E-state index in [4.69, 9.17) is 14.5 Å². The van der Waals surface area contributed by atoms with Crippen LogP contribution in [0.3, 0.4) is 0 Å². The molecule has 0 radical (unpaired) electrons. The van der Waals surface area contributed by atoms with Gasteiger partial charge in [0.15, 0.2) is 17.8 Å². The number of rotatable bonds is 5. The van der Waals surface area contributed by atoms with Crippen LogP contribution in [0.1, 0.15) is 34.8 Å². The van der Waals surface area contributed by atoms with E-state index in [9.17, 15) is 4.79 Å². The van der Waals surface area contributed by atoms with Gasteiger partial charge in [-0.1, -0.05) is 17.7 Å². The highest BCUT2D eigenvalue weighted by molar-refractivity contribution is 5.85. The summed E-state index contributed by atoms with van der Waals surface area (Å²) in [5, 5.41) is 10.6. The van der Waals surface area contributed by atoms with Crippen LogP contribution in [-0.4, -0.2) is 36.4 Å². The molecule has 0 bridgehead atoms. The van der Waals surface area contributed by atoms with Crippen LogP contribution in [0.25, 0.3) is 10.9 Å². The molecular formula is C23H27N5O3. The molecule has 1 saturated heterocycles. The van der Waals surface area contributed by atoms with Crippen molar-refractivity contribution in [1.29, 1.82) is 0 Å². The summed E-state index contributed by atoms with van der Waals surface area (Å²) in [7, 11) is 3.19. The first kappa shape index (κ1) is 20.9. The van der Waals surface area contributed by atoms with Gasteiger partial charge in [-0.15, -0.1) is 0 Å². The molecule has 1 aliphatic heterocycles. The van der Waals surface area contributed by atoms with Crippen LogP contribution in [0.2, 0.25) is 0 Å². The maximum atomic E-state index is 12.4. The standard InChI is InChI=1S/C23H27N5O3/c1-12-8-13(2)21-16(9-12)14(3)24-22(27-21)28-23-25-17(11-20(29)26-23)15-6-7-18(30-4)19(10-15)31-5/h6-10,17,23,25H,11H2,1-5H3,(H,26,29)(H,24,27,28). The van der Waals surface area contributed by atoms with Crippen molar-refractivity contribution >= 4 is 22.8 Å². The number of methoxy groups -OCH3 is 2. The molecule has 3 aromatic rings. The Bertz CT molecular complexity index is 1150. The Hall–Kier alpha value is -3.39. The number of benzene rings is 2. The van der Waals surface area contributed by atoms with Crippen molar-refractivity contribution in [2.45, 2.75) is 39.5 Å². The van der Waals surface area contributed by atoms with Crippen LogP contribution in [-0.2, 0) is 4.79 Å². The lowest BCUT2D eigenvalue weighted by Gasteiger charge is -2.32. The molecule has 2 heterocycles. The number of ether oxygens (including phenoxy) is 2. The Morgan fingerprint density at radius 3 is 2.55 bits per heavy atom. The van der Waals surface area contributed by atoms with Crippen molar-refractivity contribution in [1.82, 2.24) is 20.6 Å². The van der Waals surface area contributed by atoms with Crippen LogP contribution in [0.4, 0.5) is 5.95 Å². The van der Waals surface area contributed by atoms with Crippen LogP contribution in [0, 0.1) is 20.8 Å². The number of carbonyl (C=O) groups excluding carboxylic acids is 1. The summed E-state index contributed by atoms with van der Waals surface area (Å²) in [6.07, 6.45) is -0.203. The van der Waals surface area contributed by atoms with Crippen molar-refractivity contribution in [3.8, 4) is 11.5 Å². The van der Waals surface area contributed by atoms with E-state index >= 15 is 0 Å². The molecule has 31 heavy (non-hydrogen) atoms. The third-order valence-electron chi connectivity index (χ3n) is 5.47. The van der Waals surface area contributed by atoms with E-state index < -0.39 is 6.29 Å². The number of hydrogen-bond donors (Lipinski definition) is 3. The van der Waals surface area contributed by atoms with Gasteiger partial charge < -0.3 is 20.1 Å². The van der Waals surface area contributed by atoms with Crippen molar-refractivity contribution in [3.05, 3.63) is 52.7 Å². The average Bonchev–Trinajstić information content (AvgIpc) is 2.73. The van der Waals surface area contributed by atoms with Crippen LogP contribution in [0.15, 0.2) is 30.3 Å². The topological polar surface area (TPSA) is 97.4 Å². The molecule has 1 fully saturated rings. The van der Waals surface area contributed by atoms with Crippen LogP contribution < -0.4 is 25.4 Å². The van der Waals surface area contributed by atoms with Gasteiger partial charge in [0.1, 0.15) is 0 Å². The van der Waals surface area contributed by atoms with Gasteiger partial charge in [0, 0.05) is 17.8 Å². The maximum Gasteiger partial charge on any atom is 0.226 e. The summed E-state index contributed by atoms with van der Waals surface area (Å²) in [6, 6.07) is 9.65. The van der Waals surface area contributed by atoms with Gasteiger partial charge >= 0.3 is 0 Å². The van der Waals surface area contributed by atoms with E-state index in [1.165, 1.54) is 5.56 Å². The number of anilines is 1. The van der Waals surface area contributed by atoms with E-state index in [0.29, 0.717) is 23.9 Å². The molecule has 1 amide bonds. The minimum atomic E-state index is -0.512. The molecule has 0 aliphatic carbocycles. The number of fused-ring (bicyclic) bond motifs is 1. The monoisotopic (exact) mass is 421 g/mol. The predicted octanol–water partition coefficient (Wildman–Crippen LogP) is 3.12. The van der Waals surface area contributed by atoms with Crippen LogP contribution >= 0.6 is 0 Å². The lowest BCUT2D eigenvalue weighted by atomic mass is 10.0. The number of hydrogen-bond acceptors (Lipinski definition) is 7. The fraction of sp³-hybridized carbons (Fsp3) is 0.348. The SMILES string of the molecule is COc1ccc(C2CC(=O)NC(Nc3nc(C)c4cc(C)cc(C)c4n3)N2)cc1OC. The second-order valence-electron chi connectivity index (χ2n) is 7.79. The van der Waals surface area contributed by atoms with Gasteiger partial charge in [-0.2, -0.15) is 0 Å². The summed E-state index contributed by atoms with van der Waals surface area (Å²) in [5.41, 5.74) is 4.99. The Morgan fingerprint density at radius 1 is 1.03 bits per heavy atom. The van der Waals surface area contributed by atoms with Gasteiger partial charge in [0.25, 0.3) is 0 Å². The summed E-state index contributed by atoms with van der Waals surface area (Å²) in [5.74, 6) is 1.66. The first-order valence-corrected chi connectivity index (χ1v) is 10.2. The van der Waals surface area contributed by atoms with Gasteiger partial charge in [-0.05, 0) is 50.1 Å². The molecule has 3 N–H and O–H groups in total. The van der Waals surface area contributed by atoms with E-state index in [-0.39, 0.29) is 11.9 Å². The number of carbonyl (C=O) groups is 1. The first-order chi connectivity index (χ1) is 14.9. The number of nitrogens with one attached hydrogen (secondary N) is 3. The van der Waals surface area contributed by atoms with E-state index in [0.717, 1.165) is 27.7 Å². The number of amides is 1. The molecule has 2 aromatic carbocycles. The number of aromatic nitrogens is 2. The highest BCUT2D eigenvalue weighted by Gasteiger charge is 2.28. The maximum absolute atomic E-state index is 12.4. The van der Waals surface area contributed by atoms with Gasteiger partial charge in [0.05, 0.1) is 25.4 Å². The zero-order valence-electron chi connectivity index (χ0n) is 18.4. The largest absolute Gasteiger partial charge is 0.493 e. The Morgan fingerprint density at radius 2 is 1.81 bits per heavy atom. The van der Waals surface area contributed by atoms with Crippen molar-refractivity contribution in [2.24, 2.45) is 0 Å². The molecule has 2 atom stereocenters. The molecule has 8 heteroatoms. The highest BCUT2D eigenvalue weighted by atomic mass is 16.5. The second-order valence-corrected chi connectivity index (χ2v) is 7.79. The summed E-state index contributed by atoms with van der Waals surface area (Å²) < 4.78 is 10.7. The van der Waals surface area contributed by atoms with Gasteiger partial charge in [-0.3, -0.25) is 10.1 Å². The van der Waals surface area contributed by atoms with Crippen molar-refractivity contribution < 1.29 is 14.3 Å². The van der Waals surface area contributed by atoms with Crippen LogP contribution in [0.5, 0.6) is 11.5 Å². The molecule has 0 saturated carbocycles. The smallest absolute Gasteiger partial charge is 0.226 e. The zero-order chi connectivity index (χ0) is 22.1. The Kier molecular flexibility index (Phi) is 5.65. The second kappa shape index (κ2) is 8.39. The molecule has 4 rings (SSSR count). The fourth-order valence-corrected chi connectivity index (χ4v) is 4.00. The normalized spacial score (nSPS) is 18.5. The number of nitrogens with zero attached hydrogens (tertiary/aromatic N) is 2. The molecule has 1 aromatic heterocycles. The molecule has 8 nitrogen and oxygen atoms in total. The minimum Gasteiger partial charge on any atom is -0.493 e. The van der Waals surface area contributed by atoms with Crippen molar-refractivity contribution in [2.75, 3.05) is 19.5 Å². The molecule has 2 unspecified atom stereocenters. The Balaban J connectivity index is 1.59. The third-order valence-corrected chi connectivity index (χ3v) is 5.47. The molecule has 1 aliphatic rings. The minimum absolute atomic E-state index is 0.0691. The van der Waals surface area contributed by atoms with Gasteiger partial charge in [-0.25, -0.2) is 9.97 Å².